The first-order valence-corrected chi connectivity index (χ1v) is 10.7. The van der Waals surface area contributed by atoms with Gasteiger partial charge in [0.1, 0.15) is 6.10 Å². The molecule has 4 aliphatic carbocycles. The van der Waals surface area contributed by atoms with E-state index >= 15 is 0 Å². The normalized spacial score (nSPS) is 50.3. The van der Waals surface area contributed by atoms with Crippen molar-refractivity contribution in [3.63, 3.8) is 0 Å². The molecule has 4 heteroatoms. The number of aliphatic carboxylic acids is 1. The lowest BCUT2D eigenvalue weighted by atomic mass is 9.45. The van der Waals surface area contributed by atoms with Gasteiger partial charge in [-0.25, -0.2) is 9.59 Å². The number of hydrogen-bond acceptors (Lipinski definition) is 3. The lowest BCUT2D eigenvalue weighted by molar-refractivity contribution is -0.174. The van der Waals surface area contributed by atoms with Gasteiger partial charge in [0.2, 0.25) is 0 Å². The molecule has 0 aromatic rings. The second-order valence-electron chi connectivity index (χ2n) is 10.3. The van der Waals surface area contributed by atoms with E-state index in [-0.39, 0.29) is 6.10 Å². The number of hydrogen-bond donors (Lipinski definition) is 1. The summed E-state index contributed by atoms with van der Waals surface area (Å²) in [5, 5.41) is 8.81. The van der Waals surface area contributed by atoms with E-state index in [1.165, 1.54) is 38.5 Å². The van der Waals surface area contributed by atoms with Crippen molar-refractivity contribution in [3.05, 3.63) is 0 Å². The minimum Gasteiger partial charge on any atom is -0.473 e. The minimum atomic E-state index is -1.47. The molecule has 0 saturated heterocycles. The molecular formula is C22H34O4. The molecule has 4 fully saturated rings. The van der Waals surface area contributed by atoms with E-state index in [1.807, 2.05) is 0 Å². The monoisotopic (exact) mass is 362 g/mol. The van der Waals surface area contributed by atoms with Crippen LogP contribution < -0.4 is 0 Å². The van der Waals surface area contributed by atoms with E-state index in [4.69, 9.17) is 9.84 Å². The second-order valence-corrected chi connectivity index (χ2v) is 10.3. The summed E-state index contributed by atoms with van der Waals surface area (Å²) in [5.41, 5.74) is 0.904. The maximum Gasteiger partial charge on any atom is 0.417 e. The van der Waals surface area contributed by atoms with Crippen LogP contribution in [0.2, 0.25) is 0 Å². The fraction of sp³-hybridized carbons (Fsp3) is 0.909. The Bertz CT molecular complexity index is 601. The van der Waals surface area contributed by atoms with Gasteiger partial charge in [0.25, 0.3) is 0 Å². The molecule has 0 aromatic heterocycles. The molecule has 4 saturated carbocycles. The summed E-state index contributed by atoms with van der Waals surface area (Å²) < 4.78 is 5.24. The highest BCUT2D eigenvalue weighted by atomic mass is 16.6. The second kappa shape index (κ2) is 6.24. The molecule has 4 nitrogen and oxygen atoms in total. The summed E-state index contributed by atoms with van der Waals surface area (Å²) in [7, 11) is 0. The fourth-order valence-corrected chi connectivity index (χ4v) is 7.79. The molecule has 26 heavy (non-hydrogen) atoms. The average molecular weight is 363 g/mol. The first-order chi connectivity index (χ1) is 12.3. The molecule has 0 radical (unpaired) electrons. The maximum atomic E-state index is 11.4. The molecule has 8 atom stereocenters. The van der Waals surface area contributed by atoms with Crippen LogP contribution in [0.4, 0.5) is 0 Å². The van der Waals surface area contributed by atoms with Crippen molar-refractivity contribution in [1.82, 2.24) is 0 Å². The number of carbonyl (C=O) groups is 2. The smallest absolute Gasteiger partial charge is 0.417 e. The van der Waals surface area contributed by atoms with Crippen molar-refractivity contribution in [3.8, 4) is 0 Å². The highest BCUT2D eigenvalue weighted by molar-refractivity contribution is 6.28. The van der Waals surface area contributed by atoms with Crippen LogP contribution in [0.15, 0.2) is 0 Å². The van der Waals surface area contributed by atoms with Gasteiger partial charge in [-0.1, -0.05) is 20.8 Å². The molecule has 1 N–H and O–H groups in total. The number of carbonyl (C=O) groups excluding carboxylic acids is 1. The van der Waals surface area contributed by atoms with Gasteiger partial charge < -0.3 is 9.84 Å². The van der Waals surface area contributed by atoms with E-state index in [0.29, 0.717) is 16.7 Å². The number of esters is 1. The Kier molecular flexibility index (Phi) is 4.39. The zero-order valence-corrected chi connectivity index (χ0v) is 16.5. The molecule has 0 spiro atoms. The predicted molar refractivity (Wildman–Crippen MR) is 98.4 cm³/mol. The maximum absolute atomic E-state index is 11.4. The lowest BCUT2D eigenvalue weighted by Gasteiger charge is -2.61. The van der Waals surface area contributed by atoms with Crippen molar-refractivity contribution in [2.75, 3.05) is 0 Å². The minimum absolute atomic E-state index is 0.200. The average Bonchev–Trinajstić information content (AvgIpc) is 2.90. The topological polar surface area (TPSA) is 63.6 Å². The molecule has 0 heterocycles. The Labute approximate surface area is 157 Å². The molecule has 0 aromatic carbocycles. The number of fused-ring (bicyclic) bond motifs is 5. The summed E-state index contributed by atoms with van der Waals surface area (Å²) >= 11 is 0. The van der Waals surface area contributed by atoms with Crippen molar-refractivity contribution in [1.29, 1.82) is 0 Å². The van der Waals surface area contributed by atoms with E-state index in [2.05, 4.69) is 20.8 Å². The molecule has 0 amide bonds. The van der Waals surface area contributed by atoms with Gasteiger partial charge in [0.15, 0.2) is 0 Å². The Morgan fingerprint density at radius 2 is 1.62 bits per heavy atom. The molecule has 4 rings (SSSR count). The van der Waals surface area contributed by atoms with Crippen molar-refractivity contribution in [2.45, 2.75) is 84.7 Å². The number of rotatable bonds is 1. The molecule has 0 aliphatic heterocycles. The standard InChI is InChI=1S/C22H34O4/c1-13-4-7-17-16-6-5-14-12-15(26-20(25)19(23)24)8-10-22(14,3)18(16)9-11-21(13,17)2/h13-18H,4-12H2,1-3H3,(H,23,24)/t13-,14?,15?,16?,17?,18?,21+,22-/m0/s1. The van der Waals surface area contributed by atoms with Crippen molar-refractivity contribution < 1.29 is 19.4 Å². The van der Waals surface area contributed by atoms with Gasteiger partial charge in [-0.2, -0.15) is 0 Å². The largest absolute Gasteiger partial charge is 0.473 e. The van der Waals surface area contributed by atoms with Gasteiger partial charge in [0, 0.05) is 0 Å². The highest BCUT2D eigenvalue weighted by Gasteiger charge is 2.59. The molecule has 4 aliphatic rings. The Morgan fingerprint density at radius 1 is 0.923 bits per heavy atom. The van der Waals surface area contributed by atoms with Gasteiger partial charge in [-0.05, 0) is 98.2 Å². The van der Waals surface area contributed by atoms with Crippen LogP contribution in [0.5, 0.6) is 0 Å². The number of ether oxygens (including phenoxy) is 1. The first-order valence-electron chi connectivity index (χ1n) is 10.7. The van der Waals surface area contributed by atoms with Crippen LogP contribution in [0.1, 0.15) is 78.6 Å². The molecule has 0 bridgehead atoms. The van der Waals surface area contributed by atoms with E-state index < -0.39 is 11.9 Å². The zero-order valence-electron chi connectivity index (χ0n) is 16.5. The SMILES string of the molecule is C[C@H]1CCC2C3CCC4CC(OC(=O)C(=O)O)CC[C@]4(C)C3CC[C@@]21C. The van der Waals surface area contributed by atoms with E-state index in [0.717, 1.165) is 42.9 Å². The molecule has 146 valence electrons. The van der Waals surface area contributed by atoms with E-state index in [1.54, 1.807) is 0 Å². The third kappa shape index (κ3) is 2.62. The summed E-state index contributed by atoms with van der Waals surface area (Å²) in [5.74, 6) is 1.47. The van der Waals surface area contributed by atoms with Gasteiger partial charge >= 0.3 is 11.9 Å². The van der Waals surface area contributed by atoms with Crippen LogP contribution in [0.3, 0.4) is 0 Å². The Balaban J connectivity index is 1.49. The first kappa shape index (κ1) is 18.3. The van der Waals surface area contributed by atoms with Crippen LogP contribution in [0, 0.1) is 40.4 Å². The van der Waals surface area contributed by atoms with E-state index in [9.17, 15) is 9.59 Å². The number of carboxylic acids is 1. The lowest BCUT2D eigenvalue weighted by Crippen LogP contribution is -2.54. The van der Waals surface area contributed by atoms with Crippen molar-refractivity contribution >= 4 is 11.9 Å². The third-order valence-corrected chi connectivity index (χ3v) is 9.54. The quantitative estimate of drug-likeness (QED) is 0.544. The summed E-state index contributed by atoms with van der Waals surface area (Å²) in [4.78, 5) is 22.2. The zero-order chi connectivity index (χ0) is 18.7. The summed E-state index contributed by atoms with van der Waals surface area (Å²) in [6.07, 6.45) is 10.6. The van der Waals surface area contributed by atoms with Gasteiger partial charge in [-0.15, -0.1) is 0 Å². The van der Waals surface area contributed by atoms with Gasteiger partial charge in [-0.3, -0.25) is 0 Å². The van der Waals surface area contributed by atoms with Gasteiger partial charge in [0.05, 0.1) is 0 Å². The summed E-state index contributed by atoms with van der Waals surface area (Å²) in [6, 6.07) is 0. The summed E-state index contributed by atoms with van der Waals surface area (Å²) in [6.45, 7) is 7.52. The van der Waals surface area contributed by atoms with Crippen molar-refractivity contribution in [2.24, 2.45) is 40.4 Å². The molecular weight excluding hydrogens is 328 g/mol. The molecule has 5 unspecified atom stereocenters. The third-order valence-electron chi connectivity index (χ3n) is 9.54. The Hall–Kier alpha value is -1.06. The van der Waals surface area contributed by atoms with Crippen LogP contribution >= 0.6 is 0 Å². The fourth-order valence-electron chi connectivity index (χ4n) is 7.79. The van der Waals surface area contributed by atoms with Crippen LogP contribution in [0.25, 0.3) is 0 Å². The van der Waals surface area contributed by atoms with Crippen LogP contribution in [-0.2, 0) is 14.3 Å². The predicted octanol–water partition coefficient (Wildman–Crippen LogP) is 4.66. The number of carboxylic acid groups (broad SMARTS) is 1. The highest BCUT2D eigenvalue weighted by Crippen LogP contribution is 2.67. The Morgan fingerprint density at radius 3 is 2.35 bits per heavy atom. The van der Waals surface area contributed by atoms with Crippen LogP contribution in [-0.4, -0.2) is 23.1 Å².